The van der Waals surface area contributed by atoms with E-state index in [1.807, 2.05) is 11.8 Å². The van der Waals surface area contributed by atoms with Crippen molar-refractivity contribution in [1.29, 1.82) is 0 Å². The van der Waals surface area contributed by atoms with Gasteiger partial charge in [-0.2, -0.15) is 0 Å². The summed E-state index contributed by atoms with van der Waals surface area (Å²) in [5.41, 5.74) is 0. The SMILES string of the molecule is CC1C(=O)NC(=O)CN1C[C@@H]1CCCN1. The van der Waals surface area contributed by atoms with Gasteiger partial charge in [0.05, 0.1) is 12.6 Å². The highest BCUT2D eigenvalue weighted by atomic mass is 16.2. The molecule has 2 amide bonds. The molecule has 2 fully saturated rings. The normalized spacial score (nSPS) is 33.1. The summed E-state index contributed by atoms with van der Waals surface area (Å²) in [6.07, 6.45) is 2.33. The Morgan fingerprint density at radius 1 is 1.47 bits per heavy atom. The molecule has 0 aromatic rings. The quantitative estimate of drug-likeness (QED) is 0.580. The largest absolute Gasteiger partial charge is 0.313 e. The van der Waals surface area contributed by atoms with Crippen molar-refractivity contribution >= 4 is 11.8 Å². The minimum absolute atomic E-state index is 0.177. The van der Waals surface area contributed by atoms with E-state index in [9.17, 15) is 9.59 Å². The Morgan fingerprint density at radius 2 is 2.27 bits per heavy atom. The minimum Gasteiger partial charge on any atom is -0.313 e. The molecule has 0 radical (unpaired) electrons. The summed E-state index contributed by atoms with van der Waals surface area (Å²) in [5, 5.41) is 5.71. The van der Waals surface area contributed by atoms with Gasteiger partial charge in [-0.3, -0.25) is 19.8 Å². The molecule has 1 unspecified atom stereocenters. The number of hydrogen-bond acceptors (Lipinski definition) is 4. The lowest BCUT2D eigenvalue weighted by Crippen LogP contribution is -2.58. The third-order valence-corrected chi connectivity index (χ3v) is 3.15. The first-order valence-electron chi connectivity index (χ1n) is 5.48. The predicted octanol–water partition coefficient (Wildman–Crippen LogP) is -0.915. The summed E-state index contributed by atoms with van der Waals surface area (Å²) >= 11 is 0. The maximum atomic E-state index is 11.4. The van der Waals surface area contributed by atoms with E-state index in [1.165, 1.54) is 6.42 Å². The standard InChI is InChI=1S/C10H17N3O2/c1-7-10(15)12-9(14)6-13(7)5-8-3-2-4-11-8/h7-8,11H,2-6H2,1H3,(H,12,14,15)/t7?,8-/m0/s1. The highest BCUT2D eigenvalue weighted by molar-refractivity contribution is 6.00. The lowest BCUT2D eigenvalue weighted by molar-refractivity contribution is -0.139. The molecule has 0 aliphatic carbocycles. The molecule has 2 aliphatic heterocycles. The summed E-state index contributed by atoms with van der Waals surface area (Å²) in [6.45, 7) is 4.02. The van der Waals surface area contributed by atoms with E-state index in [0.29, 0.717) is 12.6 Å². The summed E-state index contributed by atoms with van der Waals surface area (Å²) in [4.78, 5) is 24.6. The Labute approximate surface area is 89.2 Å². The zero-order valence-electron chi connectivity index (χ0n) is 8.95. The second kappa shape index (κ2) is 4.28. The summed E-state index contributed by atoms with van der Waals surface area (Å²) < 4.78 is 0. The van der Waals surface area contributed by atoms with Crippen LogP contribution in [0.1, 0.15) is 19.8 Å². The van der Waals surface area contributed by atoms with Crippen molar-refractivity contribution in [3.63, 3.8) is 0 Å². The second-order valence-electron chi connectivity index (χ2n) is 4.31. The fourth-order valence-electron chi connectivity index (χ4n) is 2.19. The molecule has 84 valence electrons. The maximum absolute atomic E-state index is 11.4. The molecule has 0 bridgehead atoms. The van der Waals surface area contributed by atoms with Gasteiger partial charge in [-0.1, -0.05) is 0 Å². The molecule has 5 nitrogen and oxygen atoms in total. The second-order valence-corrected chi connectivity index (χ2v) is 4.31. The molecule has 2 rings (SSSR count). The first-order chi connectivity index (χ1) is 7.16. The average Bonchev–Trinajstić information content (AvgIpc) is 2.66. The molecule has 2 aliphatic rings. The number of rotatable bonds is 2. The van der Waals surface area contributed by atoms with E-state index in [-0.39, 0.29) is 17.9 Å². The van der Waals surface area contributed by atoms with Crippen LogP contribution in [0, 0.1) is 0 Å². The van der Waals surface area contributed by atoms with Crippen LogP contribution in [0.5, 0.6) is 0 Å². The number of hydrogen-bond donors (Lipinski definition) is 2. The molecule has 0 aromatic carbocycles. The number of nitrogens with zero attached hydrogens (tertiary/aromatic N) is 1. The zero-order valence-corrected chi connectivity index (χ0v) is 8.95. The van der Waals surface area contributed by atoms with Gasteiger partial charge in [-0.15, -0.1) is 0 Å². The number of nitrogens with one attached hydrogen (secondary N) is 2. The number of carbonyl (C=O) groups is 2. The van der Waals surface area contributed by atoms with Gasteiger partial charge in [0.25, 0.3) is 0 Å². The van der Waals surface area contributed by atoms with Crippen molar-refractivity contribution in [1.82, 2.24) is 15.5 Å². The third-order valence-electron chi connectivity index (χ3n) is 3.15. The van der Waals surface area contributed by atoms with Crippen LogP contribution in [-0.4, -0.2) is 48.4 Å². The molecule has 2 atom stereocenters. The van der Waals surface area contributed by atoms with Gasteiger partial charge in [0, 0.05) is 12.6 Å². The smallest absolute Gasteiger partial charge is 0.243 e. The average molecular weight is 211 g/mol. The highest BCUT2D eigenvalue weighted by Crippen LogP contribution is 2.11. The molecule has 2 N–H and O–H groups in total. The Morgan fingerprint density at radius 3 is 2.93 bits per heavy atom. The third kappa shape index (κ3) is 2.35. The molecule has 0 saturated carbocycles. The zero-order chi connectivity index (χ0) is 10.8. The van der Waals surface area contributed by atoms with Crippen LogP contribution in [0.4, 0.5) is 0 Å². The van der Waals surface area contributed by atoms with Gasteiger partial charge in [-0.25, -0.2) is 0 Å². The van der Waals surface area contributed by atoms with E-state index < -0.39 is 0 Å². The molecular weight excluding hydrogens is 194 g/mol. The molecule has 0 aromatic heterocycles. The lowest BCUT2D eigenvalue weighted by Gasteiger charge is -2.33. The fourth-order valence-corrected chi connectivity index (χ4v) is 2.19. The fraction of sp³-hybridized carbons (Fsp3) is 0.800. The van der Waals surface area contributed by atoms with Gasteiger partial charge in [0.2, 0.25) is 11.8 Å². The molecular formula is C10H17N3O2. The van der Waals surface area contributed by atoms with Gasteiger partial charge in [-0.05, 0) is 26.3 Å². The Balaban J connectivity index is 1.94. The molecule has 0 spiro atoms. The van der Waals surface area contributed by atoms with Crippen LogP contribution in [0.25, 0.3) is 0 Å². The van der Waals surface area contributed by atoms with Crippen LogP contribution in [0.2, 0.25) is 0 Å². The van der Waals surface area contributed by atoms with E-state index in [2.05, 4.69) is 10.6 Å². The predicted molar refractivity (Wildman–Crippen MR) is 55.2 cm³/mol. The molecule has 5 heteroatoms. The van der Waals surface area contributed by atoms with E-state index >= 15 is 0 Å². The van der Waals surface area contributed by atoms with Crippen molar-refractivity contribution < 1.29 is 9.59 Å². The van der Waals surface area contributed by atoms with Crippen LogP contribution in [0.15, 0.2) is 0 Å². The first-order valence-corrected chi connectivity index (χ1v) is 5.48. The summed E-state index contributed by atoms with van der Waals surface area (Å²) in [7, 11) is 0. The van der Waals surface area contributed by atoms with E-state index in [4.69, 9.17) is 0 Å². The van der Waals surface area contributed by atoms with Crippen molar-refractivity contribution in [2.45, 2.75) is 31.8 Å². The molecule has 15 heavy (non-hydrogen) atoms. The first kappa shape index (κ1) is 10.6. The highest BCUT2D eigenvalue weighted by Gasteiger charge is 2.31. The van der Waals surface area contributed by atoms with Gasteiger partial charge in [0.15, 0.2) is 0 Å². The summed E-state index contributed by atoms with van der Waals surface area (Å²) in [6, 6.07) is 0.247. The Kier molecular flexibility index (Phi) is 3.02. The van der Waals surface area contributed by atoms with Gasteiger partial charge >= 0.3 is 0 Å². The minimum atomic E-state index is -0.190. The van der Waals surface area contributed by atoms with E-state index in [1.54, 1.807) is 0 Å². The van der Waals surface area contributed by atoms with Crippen LogP contribution < -0.4 is 10.6 Å². The van der Waals surface area contributed by atoms with Crippen molar-refractivity contribution in [2.75, 3.05) is 19.6 Å². The van der Waals surface area contributed by atoms with E-state index in [0.717, 1.165) is 19.5 Å². The van der Waals surface area contributed by atoms with Crippen molar-refractivity contribution in [3.05, 3.63) is 0 Å². The van der Waals surface area contributed by atoms with Crippen molar-refractivity contribution in [3.8, 4) is 0 Å². The maximum Gasteiger partial charge on any atom is 0.243 e. The summed E-state index contributed by atoms with van der Waals surface area (Å²) in [5.74, 6) is -0.361. The van der Waals surface area contributed by atoms with Crippen molar-refractivity contribution in [2.24, 2.45) is 0 Å². The van der Waals surface area contributed by atoms with Crippen LogP contribution in [-0.2, 0) is 9.59 Å². The lowest BCUT2D eigenvalue weighted by atomic mass is 10.1. The van der Waals surface area contributed by atoms with Gasteiger partial charge < -0.3 is 5.32 Å². The number of amides is 2. The number of piperazine rings is 1. The Bertz CT molecular complexity index is 274. The van der Waals surface area contributed by atoms with Crippen LogP contribution >= 0.6 is 0 Å². The number of carbonyl (C=O) groups excluding carboxylic acids is 2. The topological polar surface area (TPSA) is 61.4 Å². The van der Waals surface area contributed by atoms with Crippen LogP contribution in [0.3, 0.4) is 0 Å². The Hall–Kier alpha value is -0.940. The monoisotopic (exact) mass is 211 g/mol. The molecule has 2 saturated heterocycles. The number of imide groups is 1. The van der Waals surface area contributed by atoms with Gasteiger partial charge in [0.1, 0.15) is 0 Å². The molecule has 2 heterocycles.